The van der Waals surface area contributed by atoms with Crippen molar-refractivity contribution in [3.63, 3.8) is 0 Å². The number of hydrogen-bond donors (Lipinski definition) is 2. The Kier molecular flexibility index (Phi) is 7.11. The van der Waals surface area contributed by atoms with Gasteiger partial charge in [0, 0.05) is 55.2 Å². The van der Waals surface area contributed by atoms with Gasteiger partial charge in [-0.15, -0.1) is 0 Å². The van der Waals surface area contributed by atoms with E-state index >= 15 is 0 Å². The van der Waals surface area contributed by atoms with Crippen LogP contribution in [0, 0.1) is 6.92 Å². The Morgan fingerprint density at radius 1 is 1.18 bits per heavy atom. The number of methoxy groups -OCH3 is 1. The fourth-order valence-corrected chi connectivity index (χ4v) is 5.56. The van der Waals surface area contributed by atoms with Gasteiger partial charge >= 0.3 is 6.01 Å². The maximum atomic E-state index is 13.7. The van der Waals surface area contributed by atoms with Crippen molar-refractivity contribution in [2.24, 2.45) is 0 Å². The van der Waals surface area contributed by atoms with Gasteiger partial charge in [0.25, 0.3) is 11.8 Å². The van der Waals surface area contributed by atoms with E-state index in [-0.39, 0.29) is 18.0 Å². The second-order valence-electron chi connectivity index (χ2n) is 10.6. The highest BCUT2D eigenvalue weighted by Gasteiger charge is 2.25. The van der Waals surface area contributed by atoms with Crippen LogP contribution in [-0.2, 0) is 4.74 Å². The second kappa shape index (κ2) is 10.9. The number of aryl methyl sites for hydroxylation is 1. The first-order valence-electron chi connectivity index (χ1n) is 13.6. The molecule has 0 saturated carbocycles. The Hall–Kier alpha value is -4.03. The summed E-state index contributed by atoms with van der Waals surface area (Å²) in [5, 5.41) is 7.26. The Morgan fingerprint density at radius 3 is 2.75 bits per heavy atom. The van der Waals surface area contributed by atoms with Crippen molar-refractivity contribution in [2.45, 2.75) is 51.8 Å². The molecule has 2 aliphatic heterocycles. The molecule has 2 N–H and O–H groups in total. The Morgan fingerprint density at radius 2 is 2.00 bits per heavy atom. The smallest absolute Gasteiger partial charge is 0.317 e. The predicted octanol–water partition coefficient (Wildman–Crippen LogP) is 2.99. The van der Waals surface area contributed by atoms with Gasteiger partial charge in [0.05, 0.1) is 36.2 Å². The molecule has 2 saturated heterocycles. The van der Waals surface area contributed by atoms with Gasteiger partial charge in [-0.05, 0) is 45.7 Å². The van der Waals surface area contributed by atoms with Gasteiger partial charge in [-0.1, -0.05) is 0 Å². The molecule has 1 aromatic carbocycles. The summed E-state index contributed by atoms with van der Waals surface area (Å²) in [6.45, 7) is 8.99. The molecule has 0 spiro atoms. The van der Waals surface area contributed by atoms with Crippen molar-refractivity contribution in [1.29, 1.82) is 0 Å². The van der Waals surface area contributed by atoms with E-state index in [1.54, 1.807) is 22.9 Å². The number of rotatable bonds is 7. The van der Waals surface area contributed by atoms with E-state index in [9.17, 15) is 4.79 Å². The molecule has 5 heterocycles. The lowest BCUT2D eigenvalue weighted by Crippen LogP contribution is -2.54. The van der Waals surface area contributed by atoms with Gasteiger partial charge in [0.1, 0.15) is 6.61 Å². The number of piperazine rings is 1. The third-order valence-electron chi connectivity index (χ3n) is 7.23. The quantitative estimate of drug-likeness (QED) is 0.357. The van der Waals surface area contributed by atoms with Gasteiger partial charge in [-0.25, -0.2) is 9.97 Å². The number of amides is 1. The van der Waals surface area contributed by atoms with Gasteiger partial charge in [-0.2, -0.15) is 9.97 Å². The largest absolute Gasteiger partial charge is 0.478 e. The molecule has 1 amide bonds. The lowest BCUT2D eigenvalue weighted by molar-refractivity contribution is 0.0646. The van der Waals surface area contributed by atoms with Crippen molar-refractivity contribution in [3.05, 3.63) is 42.0 Å². The van der Waals surface area contributed by atoms with Crippen LogP contribution >= 0.6 is 0 Å². The van der Waals surface area contributed by atoms with E-state index in [1.807, 2.05) is 19.2 Å². The first-order valence-corrected chi connectivity index (χ1v) is 13.6. The SMILES string of the molecule is COc1nc(NC(=O)c2ccc(N3C[C@@H](C)N[C@@H](C)C3)c3cnc(OC[C@@H]4CCCO4)nc23)cn2cc(C)nc12. The normalized spacial score (nSPS) is 21.2. The highest BCUT2D eigenvalue weighted by molar-refractivity contribution is 6.13. The van der Waals surface area contributed by atoms with Crippen LogP contribution in [0.2, 0.25) is 0 Å². The molecule has 210 valence electrons. The molecule has 0 unspecified atom stereocenters. The summed E-state index contributed by atoms with van der Waals surface area (Å²) in [5.74, 6) is 0.297. The molecule has 0 aliphatic carbocycles. The summed E-state index contributed by atoms with van der Waals surface area (Å²) in [6, 6.07) is 4.62. The molecule has 6 rings (SSSR count). The number of nitrogens with zero attached hydrogens (tertiary/aromatic N) is 6. The molecule has 40 heavy (non-hydrogen) atoms. The summed E-state index contributed by atoms with van der Waals surface area (Å²) in [7, 11) is 1.52. The van der Waals surface area contributed by atoms with E-state index in [4.69, 9.17) is 19.2 Å². The van der Waals surface area contributed by atoms with Gasteiger partial charge in [0.15, 0.2) is 5.82 Å². The topological polar surface area (TPSA) is 128 Å². The first kappa shape index (κ1) is 26.2. The van der Waals surface area contributed by atoms with Gasteiger partial charge < -0.3 is 29.7 Å². The minimum absolute atomic E-state index is 0.0278. The Bertz CT molecular complexity index is 1540. The second-order valence-corrected chi connectivity index (χ2v) is 10.6. The van der Waals surface area contributed by atoms with Crippen LogP contribution in [0.25, 0.3) is 16.6 Å². The molecule has 0 radical (unpaired) electrons. The minimum atomic E-state index is -0.354. The van der Waals surface area contributed by atoms with E-state index < -0.39 is 0 Å². The monoisotopic (exact) mass is 546 g/mol. The van der Waals surface area contributed by atoms with Crippen LogP contribution in [0.3, 0.4) is 0 Å². The van der Waals surface area contributed by atoms with Crippen LogP contribution in [0.5, 0.6) is 11.9 Å². The van der Waals surface area contributed by atoms with E-state index in [0.29, 0.717) is 47.1 Å². The van der Waals surface area contributed by atoms with Crippen LogP contribution in [0.1, 0.15) is 42.7 Å². The highest BCUT2D eigenvalue weighted by Crippen LogP contribution is 2.31. The number of anilines is 2. The Balaban J connectivity index is 1.36. The van der Waals surface area contributed by atoms with E-state index in [2.05, 4.69) is 44.3 Å². The molecule has 2 fully saturated rings. The van der Waals surface area contributed by atoms with Crippen molar-refractivity contribution in [2.75, 3.05) is 43.6 Å². The number of carbonyl (C=O) groups is 1. The predicted molar refractivity (Wildman–Crippen MR) is 151 cm³/mol. The standard InChI is InChI=1S/C28H34N8O4/c1-16-11-35(12-17(2)30-16)22-8-7-20(24-21(22)10-29-28(34-24)40-15-19-6-5-9-39-19)26(37)32-23-14-36-13-18(3)31-25(36)27(33-23)38-4/h7-8,10,13-14,16-17,19,30H,5-6,9,11-12,15H2,1-4H3,(H,32,37)/t16-,17+,19-/m0/s1. The van der Waals surface area contributed by atoms with Crippen molar-refractivity contribution in [3.8, 4) is 11.9 Å². The number of aromatic nitrogens is 5. The lowest BCUT2D eigenvalue weighted by Gasteiger charge is -2.38. The van der Waals surface area contributed by atoms with Gasteiger partial charge in [-0.3, -0.25) is 9.20 Å². The van der Waals surface area contributed by atoms with E-state index in [1.165, 1.54) is 7.11 Å². The third kappa shape index (κ3) is 5.24. The fraction of sp³-hybridized carbons (Fsp3) is 0.464. The number of benzene rings is 1. The van der Waals surface area contributed by atoms with Crippen molar-refractivity contribution in [1.82, 2.24) is 29.7 Å². The number of fused-ring (bicyclic) bond motifs is 2. The first-order chi connectivity index (χ1) is 19.4. The summed E-state index contributed by atoms with van der Waals surface area (Å²) in [5.41, 5.74) is 3.27. The zero-order valence-electron chi connectivity index (χ0n) is 23.2. The third-order valence-corrected chi connectivity index (χ3v) is 7.23. The number of ether oxygens (including phenoxy) is 3. The fourth-order valence-electron chi connectivity index (χ4n) is 5.56. The zero-order valence-corrected chi connectivity index (χ0v) is 23.2. The molecule has 4 aromatic rings. The lowest BCUT2D eigenvalue weighted by atomic mass is 10.0. The zero-order chi connectivity index (χ0) is 27.8. The maximum absolute atomic E-state index is 13.7. The molecule has 2 aliphatic rings. The molecule has 3 aromatic heterocycles. The van der Waals surface area contributed by atoms with Crippen LogP contribution < -0.4 is 25.0 Å². The van der Waals surface area contributed by atoms with Gasteiger partial charge in [0.2, 0.25) is 5.65 Å². The average Bonchev–Trinajstić information content (AvgIpc) is 3.59. The van der Waals surface area contributed by atoms with Crippen molar-refractivity contribution < 1.29 is 19.0 Å². The molecule has 12 heteroatoms. The molecular weight excluding hydrogens is 512 g/mol. The molecular formula is C28H34N8O4. The Labute approximate surface area is 232 Å². The maximum Gasteiger partial charge on any atom is 0.317 e. The molecule has 0 bridgehead atoms. The summed E-state index contributed by atoms with van der Waals surface area (Å²) < 4.78 is 18.8. The number of hydrogen-bond acceptors (Lipinski definition) is 10. The minimum Gasteiger partial charge on any atom is -0.478 e. The number of imidazole rings is 1. The van der Waals surface area contributed by atoms with Crippen molar-refractivity contribution >= 4 is 34.0 Å². The van der Waals surface area contributed by atoms with E-state index in [0.717, 1.165) is 49.3 Å². The average molecular weight is 547 g/mol. The van der Waals surface area contributed by atoms with Crippen LogP contribution in [0.4, 0.5) is 11.5 Å². The van der Waals surface area contributed by atoms with Crippen LogP contribution in [0.15, 0.2) is 30.7 Å². The molecule has 12 nitrogen and oxygen atoms in total. The summed E-state index contributed by atoms with van der Waals surface area (Å²) >= 11 is 0. The summed E-state index contributed by atoms with van der Waals surface area (Å²) in [4.78, 5) is 34.1. The number of nitrogens with one attached hydrogen (secondary N) is 2. The highest BCUT2D eigenvalue weighted by atomic mass is 16.5. The molecule has 3 atom stereocenters. The number of carbonyl (C=O) groups excluding carboxylic acids is 1. The van der Waals surface area contributed by atoms with Crippen LogP contribution in [-0.4, -0.2) is 81.8 Å². The summed E-state index contributed by atoms with van der Waals surface area (Å²) in [6.07, 6.45) is 7.30.